The minimum absolute atomic E-state index is 0.316. The standard InChI is InChI=1S/C14H13N5O2S/c20-14(19-12-8-15-5-6-16-12)17-4-3-13-18-10(9-22-13)11-2-1-7-21-11/h1-2,5-9H,3-4H2,(H2,16,17,19,20). The fraction of sp³-hybridized carbons (Fsp3) is 0.143. The lowest BCUT2D eigenvalue weighted by Crippen LogP contribution is -2.30. The molecule has 0 spiro atoms. The first-order chi connectivity index (χ1) is 10.8. The molecular formula is C14H13N5O2S. The summed E-state index contributed by atoms with van der Waals surface area (Å²) in [5.74, 6) is 1.16. The van der Waals surface area contributed by atoms with Crippen LogP contribution in [0.15, 0.2) is 46.8 Å². The predicted octanol–water partition coefficient (Wildman–Crippen LogP) is 2.56. The van der Waals surface area contributed by atoms with Crippen molar-refractivity contribution < 1.29 is 9.21 Å². The van der Waals surface area contributed by atoms with Crippen molar-refractivity contribution >= 4 is 23.2 Å². The monoisotopic (exact) mass is 315 g/mol. The summed E-state index contributed by atoms with van der Waals surface area (Å²) in [4.78, 5) is 24.0. The first-order valence-corrected chi connectivity index (χ1v) is 7.48. The van der Waals surface area contributed by atoms with E-state index in [4.69, 9.17) is 4.42 Å². The third-order valence-corrected chi connectivity index (χ3v) is 3.66. The maximum absolute atomic E-state index is 11.7. The summed E-state index contributed by atoms with van der Waals surface area (Å²) < 4.78 is 5.29. The Hall–Kier alpha value is -2.74. The van der Waals surface area contributed by atoms with E-state index in [9.17, 15) is 4.79 Å². The van der Waals surface area contributed by atoms with Crippen LogP contribution in [0.1, 0.15) is 5.01 Å². The molecular weight excluding hydrogens is 302 g/mol. The van der Waals surface area contributed by atoms with E-state index in [-0.39, 0.29) is 6.03 Å². The van der Waals surface area contributed by atoms with Crippen molar-refractivity contribution in [2.75, 3.05) is 11.9 Å². The number of aromatic nitrogens is 3. The lowest BCUT2D eigenvalue weighted by molar-refractivity contribution is 0.252. The van der Waals surface area contributed by atoms with Crippen LogP contribution in [0, 0.1) is 0 Å². The molecule has 0 unspecified atom stereocenters. The fourth-order valence-electron chi connectivity index (χ4n) is 1.77. The summed E-state index contributed by atoms with van der Waals surface area (Å²) in [6.45, 7) is 0.483. The van der Waals surface area contributed by atoms with Gasteiger partial charge >= 0.3 is 6.03 Å². The molecule has 3 rings (SSSR count). The maximum atomic E-state index is 11.7. The van der Waals surface area contributed by atoms with E-state index in [1.54, 1.807) is 12.5 Å². The van der Waals surface area contributed by atoms with Crippen LogP contribution < -0.4 is 10.6 Å². The summed E-state index contributed by atoms with van der Waals surface area (Å²) in [5.41, 5.74) is 0.814. The number of carbonyl (C=O) groups excluding carboxylic acids is 1. The molecule has 2 amide bonds. The molecule has 0 radical (unpaired) electrons. The van der Waals surface area contributed by atoms with Crippen LogP contribution in [-0.2, 0) is 6.42 Å². The Labute approximate surface area is 130 Å². The molecule has 0 aliphatic heterocycles. The van der Waals surface area contributed by atoms with Gasteiger partial charge in [0.2, 0.25) is 0 Å². The van der Waals surface area contributed by atoms with Crippen LogP contribution in [0.25, 0.3) is 11.5 Å². The lowest BCUT2D eigenvalue weighted by Gasteiger charge is -2.05. The Morgan fingerprint density at radius 2 is 2.32 bits per heavy atom. The lowest BCUT2D eigenvalue weighted by atomic mass is 10.3. The summed E-state index contributed by atoms with van der Waals surface area (Å²) >= 11 is 1.54. The van der Waals surface area contributed by atoms with Gasteiger partial charge in [-0.15, -0.1) is 11.3 Å². The van der Waals surface area contributed by atoms with Crippen molar-refractivity contribution in [3.63, 3.8) is 0 Å². The van der Waals surface area contributed by atoms with E-state index < -0.39 is 0 Å². The minimum Gasteiger partial charge on any atom is -0.463 e. The van der Waals surface area contributed by atoms with Crippen molar-refractivity contribution in [1.29, 1.82) is 0 Å². The van der Waals surface area contributed by atoms with Crippen molar-refractivity contribution in [3.05, 3.63) is 47.4 Å². The van der Waals surface area contributed by atoms with Gasteiger partial charge in [-0.05, 0) is 12.1 Å². The number of urea groups is 1. The second-order valence-electron chi connectivity index (χ2n) is 4.33. The summed E-state index contributed by atoms with van der Waals surface area (Å²) in [7, 11) is 0. The molecule has 8 heteroatoms. The van der Waals surface area contributed by atoms with E-state index >= 15 is 0 Å². The Morgan fingerprint density at radius 3 is 3.09 bits per heavy atom. The van der Waals surface area contributed by atoms with E-state index in [2.05, 4.69) is 25.6 Å². The van der Waals surface area contributed by atoms with Gasteiger partial charge in [-0.2, -0.15) is 0 Å². The number of rotatable bonds is 5. The van der Waals surface area contributed by atoms with Gasteiger partial charge in [0.1, 0.15) is 5.69 Å². The highest BCUT2D eigenvalue weighted by Crippen LogP contribution is 2.22. The molecule has 0 atom stereocenters. The van der Waals surface area contributed by atoms with Gasteiger partial charge < -0.3 is 9.73 Å². The van der Waals surface area contributed by atoms with Gasteiger partial charge in [-0.3, -0.25) is 10.3 Å². The van der Waals surface area contributed by atoms with Gasteiger partial charge in [0.25, 0.3) is 0 Å². The van der Waals surface area contributed by atoms with Crippen LogP contribution in [-0.4, -0.2) is 27.5 Å². The first-order valence-electron chi connectivity index (χ1n) is 6.60. The normalized spacial score (nSPS) is 10.4. The van der Waals surface area contributed by atoms with Crippen LogP contribution in [0.5, 0.6) is 0 Å². The Morgan fingerprint density at radius 1 is 1.36 bits per heavy atom. The van der Waals surface area contributed by atoms with Crippen LogP contribution in [0.2, 0.25) is 0 Å². The molecule has 22 heavy (non-hydrogen) atoms. The molecule has 7 nitrogen and oxygen atoms in total. The van der Waals surface area contributed by atoms with Crippen LogP contribution >= 0.6 is 11.3 Å². The molecule has 3 aromatic rings. The average Bonchev–Trinajstić information content (AvgIpc) is 3.19. The highest BCUT2D eigenvalue weighted by Gasteiger charge is 2.07. The Kier molecular flexibility index (Phi) is 4.40. The topological polar surface area (TPSA) is 92.9 Å². The minimum atomic E-state index is -0.316. The summed E-state index contributed by atoms with van der Waals surface area (Å²) in [6.07, 6.45) is 6.81. The fourth-order valence-corrected chi connectivity index (χ4v) is 2.56. The predicted molar refractivity (Wildman–Crippen MR) is 82.6 cm³/mol. The molecule has 0 aliphatic rings. The van der Waals surface area contributed by atoms with Crippen molar-refractivity contribution in [2.45, 2.75) is 6.42 Å². The number of anilines is 1. The van der Waals surface area contributed by atoms with E-state index in [1.165, 1.54) is 23.7 Å². The second kappa shape index (κ2) is 6.81. The molecule has 0 saturated heterocycles. The maximum Gasteiger partial charge on any atom is 0.320 e. The quantitative estimate of drug-likeness (QED) is 0.755. The zero-order valence-corrected chi connectivity index (χ0v) is 12.3. The van der Waals surface area contributed by atoms with Gasteiger partial charge in [-0.1, -0.05) is 0 Å². The number of hydrogen-bond donors (Lipinski definition) is 2. The third kappa shape index (κ3) is 3.67. The van der Waals surface area contributed by atoms with Gasteiger partial charge in [0.15, 0.2) is 11.6 Å². The molecule has 0 aliphatic carbocycles. The van der Waals surface area contributed by atoms with Crippen LogP contribution in [0.3, 0.4) is 0 Å². The second-order valence-corrected chi connectivity index (χ2v) is 5.27. The number of nitrogens with one attached hydrogen (secondary N) is 2. The SMILES string of the molecule is O=C(NCCc1nc(-c2ccco2)cs1)Nc1cnccn1. The Bertz CT molecular complexity index is 727. The Balaban J connectivity index is 1.46. The molecule has 0 saturated carbocycles. The molecule has 3 heterocycles. The highest BCUT2D eigenvalue weighted by molar-refractivity contribution is 7.09. The van der Waals surface area contributed by atoms with Gasteiger partial charge in [0, 0.05) is 30.7 Å². The van der Waals surface area contributed by atoms with E-state index in [1.807, 2.05) is 17.5 Å². The molecule has 112 valence electrons. The van der Waals surface area contributed by atoms with E-state index in [0.717, 1.165) is 16.5 Å². The number of nitrogens with zero attached hydrogens (tertiary/aromatic N) is 3. The molecule has 2 N–H and O–H groups in total. The summed E-state index contributed by atoms with van der Waals surface area (Å²) in [5, 5.41) is 8.22. The number of thiazole rings is 1. The van der Waals surface area contributed by atoms with Crippen LogP contribution in [0.4, 0.5) is 10.6 Å². The first kappa shape index (κ1) is 14.2. The van der Waals surface area contributed by atoms with Crippen molar-refractivity contribution in [3.8, 4) is 11.5 Å². The molecule has 0 fully saturated rings. The number of amides is 2. The molecule has 3 aromatic heterocycles. The highest BCUT2D eigenvalue weighted by atomic mass is 32.1. The average molecular weight is 315 g/mol. The largest absolute Gasteiger partial charge is 0.463 e. The third-order valence-electron chi connectivity index (χ3n) is 2.75. The number of furan rings is 1. The molecule has 0 aromatic carbocycles. The number of hydrogen-bond acceptors (Lipinski definition) is 6. The van der Waals surface area contributed by atoms with Gasteiger partial charge in [0.05, 0.1) is 17.5 Å². The summed E-state index contributed by atoms with van der Waals surface area (Å²) in [6, 6.07) is 3.38. The zero-order chi connectivity index (χ0) is 15.2. The van der Waals surface area contributed by atoms with Crippen molar-refractivity contribution in [2.24, 2.45) is 0 Å². The van der Waals surface area contributed by atoms with Gasteiger partial charge in [-0.25, -0.2) is 14.8 Å². The molecule has 0 bridgehead atoms. The smallest absolute Gasteiger partial charge is 0.320 e. The number of carbonyl (C=O) groups is 1. The van der Waals surface area contributed by atoms with E-state index in [0.29, 0.717) is 18.8 Å². The zero-order valence-electron chi connectivity index (χ0n) is 11.5. The van der Waals surface area contributed by atoms with Crippen molar-refractivity contribution in [1.82, 2.24) is 20.3 Å².